The van der Waals surface area contributed by atoms with Gasteiger partial charge < -0.3 is 5.32 Å². The molecular formula is C24H21N5O. The number of pyridine rings is 2. The predicted octanol–water partition coefficient (Wildman–Crippen LogP) is 3.64. The Morgan fingerprint density at radius 3 is 2.73 bits per heavy atom. The molecule has 0 aliphatic carbocycles. The molecule has 0 fully saturated rings. The van der Waals surface area contributed by atoms with Crippen LogP contribution in [0.2, 0.25) is 0 Å². The van der Waals surface area contributed by atoms with E-state index in [0.717, 1.165) is 39.5 Å². The van der Waals surface area contributed by atoms with E-state index in [9.17, 15) is 4.79 Å². The first-order valence-corrected chi connectivity index (χ1v) is 10.0. The van der Waals surface area contributed by atoms with Crippen LogP contribution in [-0.2, 0) is 17.8 Å². The molecule has 0 saturated carbocycles. The van der Waals surface area contributed by atoms with Crippen LogP contribution in [0.1, 0.15) is 46.6 Å². The number of hydrogen-bond acceptors (Lipinski definition) is 5. The molecule has 5 rings (SSSR count). The van der Waals surface area contributed by atoms with Gasteiger partial charge in [0.05, 0.1) is 29.7 Å². The zero-order valence-electron chi connectivity index (χ0n) is 16.9. The maximum Gasteiger partial charge on any atom is 0.266 e. The lowest BCUT2D eigenvalue weighted by atomic mass is 9.97. The summed E-state index contributed by atoms with van der Waals surface area (Å²) in [4.78, 5) is 30.7. The van der Waals surface area contributed by atoms with E-state index in [-0.39, 0.29) is 11.9 Å². The Hall–Kier alpha value is -3.67. The number of aromatic nitrogens is 2. The average molecular weight is 395 g/mol. The molecule has 1 N–H and O–H groups in total. The minimum absolute atomic E-state index is 0.148. The standard InChI is InChI=1S/C24H21N5O/c1-14-4-3-5-20(27-14)15(2)28-24(30)22-11-17-10-18-13-26-23(16-6-8-25-9-7-16)19(18)12-21(17)29-22/h3-10,12,15H,11,13H2,1-2H3,(H,28,30)/t15-/m1/s1. The molecule has 6 heteroatoms. The molecule has 30 heavy (non-hydrogen) atoms. The Balaban J connectivity index is 1.37. The van der Waals surface area contributed by atoms with Gasteiger partial charge in [0.25, 0.3) is 5.91 Å². The highest BCUT2D eigenvalue weighted by molar-refractivity contribution is 6.41. The number of carbonyl (C=O) groups is 1. The van der Waals surface area contributed by atoms with Crippen molar-refractivity contribution >= 4 is 23.0 Å². The Morgan fingerprint density at radius 1 is 1.10 bits per heavy atom. The van der Waals surface area contributed by atoms with Crippen LogP contribution in [0.4, 0.5) is 5.69 Å². The van der Waals surface area contributed by atoms with E-state index in [1.807, 2.05) is 44.2 Å². The molecule has 0 radical (unpaired) electrons. The number of carbonyl (C=O) groups excluding carboxylic acids is 1. The van der Waals surface area contributed by atoms with Crippen LogP contribution in [0, 0.1) is 6.92 Å². The van der Waals surface area contributed by atoms with Crippen molar-refractivity contribution in [2.24, 2.45) is 9.98 Å². The van der Waals surface area contributed by atoms with Gasteiger partial charge in [0, 0.05) is 35.6 Å². The number of aryl methyl sites for hydroxylation is 1. The van der Waals surface area contributed by atoms with E-state index in [1.54, 1.807) is 12.4 Å². The molecule has 2 aromatic heterocycles. The molecular weight excluding hydrogens is 374 g/mol. The first-order chi connectivity index (χ1) is 14.6. The number of aliphatic imine (C=N–C) groups is 2. The van der Waals surface area contributed by atoms with Crippen LogP contribution in [0.25, 0.3) is 0 Å². The minimum Gasteiger partial charge on any atom is -0.343 e. The van der Waals surface area contributed by atoms with E-state index < -0.39 is 0 Å². The van der Waals surface area contributed by atoms with Crippen molar-refractivity contribution in [1.82, 2.24) is 15.3 Å². The third-order valence-corrected chi connectivity index (χ3v) is 5.50. The van der Waals surface area contributed by atoms with E-state index in [4.69, 9.17) is 4.99 Å². The van der Waals surface area contributed by atoms with Crippen LogP contribution in [0.15, 0.2) is 64.8 Å². The third kappa shape index (κ3) is 3.30. The molecule has 0 bridgehead atoms. The summed E-state index contributed by atoms with van der Waals surface area (Å²) in [6.45, 7) is 4.53. The van der Waals surface area contributed by atoms with Gasteiger partial charge in [-0.25, -0.2) is 4.99 Å². The predicted molar refractivity (Wildman–Crippen MR) is 116 cm³/mol. The smallest absolute Gasteiger partial charge is 0.266 e. The second kappa shape index (κ2) is 7.30. The lowest BCUT2D eigenvalue weighted by Crippen LogP contribution is -2.33. The van der Waals surface area contributed by atoms with Crippen molar-refractivity contribution < 1.29 is 4.79 Å². The van der Waals surface area contributed by atoms with Crippen molar-refractivity contribution in [3.8, 4) is 0 Å². The fourth-order valence-electron chi connectivity index (χ4n) is 3.94. The van der Waals surface area contributed by atoms with Crippen molar-refractivity contribution in [2.75, 3.05) is 0 Å². The monoisotopic (exact) mass is 395 g/mol. The number of nitrogens with one attached hydrogen (secondary N) is 1. The number of hydrogen-bond donors (Lipinski definition) is 1. The van der Waals surface area contributed by atoms with Crippen LogP contribution in [0.5, 0.6) is 0 Å². The lowest BCUT2D eigenvalue weighted by Gasteiger charge is -2.13. The average Bonchev–Trinajstić information content (AvgIpc) is 3.36. The van der Waals surface area contributed by atoms with Crippen LogP contribution >= 0.6 is 0 Å². The second-order valence-electron chi connectivity index (χ2n) is 7.67. The molecule has 148 valence electrons. The second-order valence-corrected chi connectivity index (χ2v) is 7.67. The molecule has 3 aromatic rings. The molecule has 0 saturated heterocycles. The Labute approximate surface area is 174 Å². The van der Waals surface area contributed by atoms with E-state index in [1.165, 1.54) is 5.56 Å². The molecule has 2 aliphatic heterocycles. The van der Waals surface area contributed by atoms with Crippen molar-refractivity contribution in [2.45, 2.75) is 32.9 Å². The lowest BCUT2D eigenvalue weighted by molar-refractivity contribution is -0.115. The number of fused-ring (bicyclic) bond motifs is 2. The zero-order chi connectivity index (χ0) is 20.7. The zero-order valence-corrected chi connectivity index (χ0v) is 16.9. The minimum atomic E-state index is -0.181. The summed E-state index contributed by atoms with van der Waals surface area (Å²) >= 11 is 0. The SMILES string of the molecule is Cc1cccc([C@@H](C)NC(=O)C2=Nc3cc4c(cc3C2)CN=C4c2ccncc2)n1. The summed E-state index contributed by atoms with van der Waals surface area (Å²) in [6.07, 6.45) is 4.08. The van der Waals surface area contributed by atoms with Crippen molar-refractivity contribution in [1.29, 1.82) is 0 Å². The van der Waals surface area contributed by atoms with Gasteiger partial charge in [-0.05, 0) is 55.3 Å². The van der Waals surface area contributed by atoms with Gasteiger partial charge in [0.1, 0.15) is 5.71 Å². The van der Waals surface area contributed by atoms with Gasteiger partial charge in [-0.2, -0.15) is 0 Å². The number of amides is 1. The number of rotatable bonds is 4. The molecule has 0 spiro atoms. The van der Waals surface area contributed by atoms with Crippen molar-refractivity contribution in [3.05, 3.63) is 88.5 Å². The van der Waals surface area contributed by atoms with Gasteiger partial charge in [0.2, 0.25) is 0 Å². The Kier molecular flexibility index (Phi) is 4.47. The van der Waals surface area contributed by atoms with Crippen LogP contribution in [-0.4, -0.2) is 27.3 Å². The highest BCUT2D eigenvalue weighted by Crippen LogP contribution is 2.34. The maximum atomic E-state index is 12.8. The summed E-state index contributed by atoms with van der Waals surface area (Å²) in [6, 6.07) is 13.8. The largest absolute Gasteiger partial charge is 0.343 e. The highest BCUT2D eigenvalue weighted by atomic mass is 16.2. The van der Waals surface area contributed by atoms with Gasteiger partial charge in [-0.3, -0.25) is 19.8 Å². The van der Waals surface area contributed by atoms with Gasteiger partial charge in [-0.15, -0.1) is 0 Å². The van der Waals surface area contributed by atoms with E-state index in [2.05, 4.69) is 32.4 Å². The van der Waals surface area contributed by atoms with Crippen molar-refractivity contribution in [3.63, 3.8) is 0 Å². The van der Waals surface area contributed by atoms with Crippen LogP contribution in [0.3, 0.4) is 0 Å². The topological polar surface area (TPSA) is 79.6 Å². The molecule has 4 heterocycles. The molecule has 6 nitrogen and oxygen atoms in total. The summed E-state index contributed by atoms with van der Waals surface area (Å²) in [5.41, 5.74) is 8.51. The third-order valence-electron chi connectivity index (χ3n) is 5.50. The molecule has 0 unspecified atom stereocenters. The van der Waals surface area contributed by atoms with E-state index in [0.29, 0.717) is 18.7 Å². The fraction of sp³-hybridized carbons (Fsp3) is 0.208. The quantitative estimate of drug-likeness (QED) is 0.732. The number of benzene rings is 1. The Bertz CT molecular complexity index is 1210. The highest BCUT2D eigenvalue weighted by Gasteiger charge is 2.26. The fourth-order valence-corrected chi connectivity index (χ4v) is 3.94. The van der Waals surface area contributed by atoms with Gasteiger partial charge in [-0.1, -0.05) is 12.1 Å². The summed E-state index contributed by atoms with van der Waals surface area (Å²) < 4.78 is 0. The van der Waals surface area contributed by atoms with Crippen LogP contribution < -0.4 is 5.32 Å². The molecule has 1 atom stereocenters. The number of nitrogens with zero attached hydrogens (tertiary/aromatic N) is 4. The molecule has 2 aliphatic rings. The summed E-state index contributed by atoms with van der Waals surface area (Å²) in [7, 11) is 0. The van der Waals surface area contributed by atoms with Gasteiger partial charge >= 0.3 is 0 Å². The summed E-state index contributed by atoms with van der Waals surface area (Å²) in [5, 5.41) is 3.03. The normalized spacial score (nSPS) is 15.1. The first kappa shape index (κ1) is 18.4. The van der Waals surface area contributed by atoms with E-state index >= 15 is 0 Å². The molecule has 1 amide bonds. The summed E-state index contributed by atoms with van der Waals surface area (Å²) in [5.74, 6) is -0.148. The van der Waals surface area contributed by atoms with Gasteiger partial charge in [0.15, 0.2) is 0 Å². The first-order valence-electron chi connectivity index (χ1n) is 10.0. The maximum absolute atomic E-state index is 12.8. The molecule has 1 aromatic carbocycles. The Morgan fingerprint density at radius 2 is 1.93 bits per heavy atom.